The monoisotopic (exact) mass is 248 g/mol. The van der Waals surface area contributed by atoms with Crippen LogP contribution in [0, 0.1) is 19.7 Å². The molecule has 0 saturated heterocycles. The molecule has 1 aromatic heterocycles. The molecule has 5 heteroatoms. The van der Waals surface area contributed by atoms with E-state index in [2.05, 4.69) is 9.97 Å². The second-order valence-corrected chi connectivity index (χ2v) is 4.02. The number of aromatic amines is 1. The SMILES string of the molecule is COc1cc(C)ccc1-c1nc(C)c(F)c(=O)[nH]1. The van der Waals surface area contributed by atoms with Gasteiger partial charge in [-0.05, 0) is 31.5 Å². The Hall–Kier alpha value is -2.17. The molecule has 0 aliphatic carbocycles. The molecule has 0 unspecified atom stereocenters. The fourth-order valence-electron chi connectivity index (χ4n) is 1.69. The van der Waals surface area contributed by atoms with Gasteiger partial charge in [-0.15, -0.1) is 0 Å². The molecule has 0 radical (unpaired) electrons. The first-order chi connectivity index (χ1) is 8.52. The zero-order valence-corrected chi connectivity index (χ0v) is 10.4. The Morgan fingerprint density at radius 3 is 2.67 bits per heavy atom. The summed E-state index contributed by atoms with van der Waals surface area (Å²) in [5.74, 6) is 0.0322. The van der Waals surface area contributed by atoms with E-state index in [1.165, 1.54) is 14.0 Å². The molecule has 0 saturated carbocycles. The fourth-order valence-corrected chi connectivity index (χ4v) is 1.69. The summed E-state index contributed by atoms with van der Waals surface area (Å²) >= 11 is 0. The normalized spacial score (nSPS) is 10.4. The first-order valence-corrected chi connectivity index (χ1v) is 5.44. The van der Waals surface area contributed by atoms with Gasteiger partial charge in [0.05, 0.1) is 18.4 Å². The third-order valence-electron chi connectivity index (χ3n) is 2.64. The third-order valence-corrected chi connectivity index (χ3v) is 2.64. The number of hydrogen-bond donors (Lipinski definition) is 1. The molecular weight excluding hydrogens is 235 g/mol. The van der Waals surface area contributed by atoms with Gasteiger partial charge in [-0.1, -0.05) is 6.07 Å². The number of benzene rings is 1. The first kappa shape index (κ1) is 12.3. The van der Waals surface area contributed by atoms with Crippen molar-refractivity contribution in [2.75, 3.05) is 7.11 Å². The number of aryl methyl sites for hydroxylation is 2. The van der Waals surface area contributed by atoms with Crippen LogP contribution in [0.1, 0.15) is 11.3 Å². The van der Waals surface area contributed by atoms with E-state index >= 15 is 0 Å². The molecule has 0 bridgehead atoms. The number of ether oxygens (including phenoxy) is 1. The highest BCUT2D eigenvalue weighted by atomic mass is 19.1. The van der Waals surface area contributed by atoms with Crippen LogP contribution >= 0.6 is 0 Å². The van der Waals surface area contributed by atoms with Gasteiger partial charge in [-0.2, -0.15) is 4.39 Å². The number of aromatic nitrogens is 2. The summed E-state index contributed by atoms with van der Waals surface area (Å²) in [6, 6.07) is 5.48. The topological polar surface area (TPSA) is 55.0 Å². The number of nitrogens with one attached hydrogen (secondary N) is 1. The average molecular weight is 248 g/mol. The maximum atomic E-state index is 13.2. The maximum absolute atomic E-state index is 13.2. The summed E-state index contributed by atoms with van der Waals surface area (Å²) in [4.78, 5) is 17.8. The van der Waals surface area contributed by atoms with E-state index in [1.54, 1.807) is 6.07 Å². The highest BCUT2D eigenvalue weighted by Crippen LogP contribution is 2.27. The molecule has 2 rings (SSSR count). The molecule has 0 aliphatic rings. The van der Waals surface area contributed by atoms with Crippen LogP contribution in [0.25, 0.3) is 11.4 Å². The first-order valence-electron chi connectivity index (χ1n) is 5.44. The van der Waals surface area contributed by atoms with Gasteiger partial charge < -0.3 is 9.72 Å². The van der Waals surface area contributed by atoms with Crippen LogP contribution in [0.2, 0.25) is 0 Å². The third kappa shape index (κ3) is 2.11. The van der Waals surface area contributed by atoms with Crippen molar-refractivity contribution in [1.82, 2.24) is 9.97 Å². The van der Waals surface area contributed by atoms with Crippen molar-refractivity contribution >= 4 is 0 Å². The van der Waals surface area contributed by atoms with Crippen molar-refractivity contribution < 1.29 is 9.13 Å². The van der Waals surface area contributed by atoms with Gasteiger partial charge in [-0.3, -0.25) is 4.79 Å². The van der Waals surface area contributed by atoms with Crippen molar-refractivity contribution in [2.45, 2.75) is 13.8 Å². The van der Waals surface area contributed by atoms with E-state index in [1.807, 2.05) is 19.1 Å². The van der Waals surface area contributed by atoms with Gasteiger partial charge in [-0.25, -0.2) is 4.98 Å². The minimum Gasteiger partial charge on any atom is -0.496 e. The molecule has 0 aliphatic heterocycles. The van der Waals surface area contributed by atoms with E-state index in [9.17, 15) is 9.18 Å². The maximum Gasteiger partial charge on any atom is 0.287 e. The Balaban J connectivity index is 2.66. The number of H-pyrrole nitrogens is 1. The van der Waals surface area contributed by atoms with Crippen molar-refractivity contribution in [1.29, 1.82) is 0 Å². The summed E-state index contributed by atoms with van der Waals surface area (Å²) in [7, 11) is 1.53. The lowest BCUT2D eigenvalue weighted by Gasteiger charge is -2.09. The standard InChI is InChI=1S/C13H13FN2O2/c1-7-4-5-9(10(6-7)18-3)12-15-8(2)11(14)13(17)16-12/h4-6H,1-3H3,(H,15,16,17). The number of methoxy groups -OCH3 is 1. The number of rotatable bonds is 2. The van der Waals surface area contributed by atoms with Gasteiger partial charge in [0.1, 0.15) is 11.6 Å². The lowest BCUT2D eigenvalue weighted by Crippen LogP contribution is -2.15. The smallest absolute Gasteiger partial charge is 0.287 e. The quantitative estimate of drug-likeness (QED) is 0.886. The number of hydrogen-bond acceptors (Lipinski definition) is 3. The molecule has 4 nitrogen and oxygen atoms in total. The Bertz CT molecular complexity index is 650. The van der Waals surface area contributed by atoms with Crippen LogP contribution in [0.15, 0.2) is 23.0 Å². The van der Waals surface area contributed by atoms with Crippen molar-refractivity contribution in [3.05, 3.63) is 45.6 Å². The molecule has 0 spiro atoms. The largest absolute Gasteiger partial charge is 0.496 e. The van der Waals surface area contributed by atoms with Gasteiger partial charge in [0, 0.05) is 0 Å². The molecule has 0 atom stereocenters. The second kappa shape index (κ2) is 4.60. The van der Waals surface area contributed by atoms with Crippen LogP contribution in [0.4, 0.5) is 4.39 Å². The van der Waals surface area contributed by atoms with E-state index in [0.717, 1.165) is 5.56 Å². The molecular formula is C13H13FN2O2. The number of nitrogens with zero attached hydrogens (tertiary/aromatic N) is 1. The highest BCUT2D eigenvalue weighted by molar-refractivity contribution is 5.64. The van der Waals surface area contributed by atoms with E-state index < -0.39 is 11.4 Å². The van der Waals surface area contributed by atoms with Crippen LogP contribution in [0.5, 0.6) is 5.75 Å². The lowest BCUT2D eigenvalue weighted by molar-refractivity contribution is 0.415. The van der Waals surface area contributed by atoms with Crippen molar-refractivity contribution in [3.8, 4) is 17.1 Å². The summed E-state index contributed by atoms with van der Waals surface area (Å²) in [6.07, 6.45) is 0. The minimum absolute atomic E-state index is 0.0661. The summed E-state index contributed by atoms with van der Waals surface area (Å²) < 4.78 is 18.5. The van der Waals surface area contributed by atoms with Gasteiger partial charge >= 0.3 is 0 Å². The molecule has 1 N–H and O–H groups in total. The van der Waals surface area contributed by atoms with Crippen LogP contribution < -0.4 is 10.3 Å². The Morgan fingerprint density at radius 2 is 2.06 bits per heavy atom. The predicted octanol–water partition coefficient (Wildman–Crippen LogP) is 2.20. The minimum atomic E-state index is -0.857. The summed E-state index contributed by atoms with van der Waals surface area (Å²) in [5, 5.41) is 0. The molecule has 0 amide bonds. The summed E-state index contributed by atoms with van der Waals surface area (Å²) in [5.41, 5.74) is 0.941. The number of halogens is 1. The lowest BCUT2D eigenvalue weighted by atomic mass is 10.1. The van der Waals surface area contributed by atoms with Gasteiger partial charge in [0.15, 0.2) is 0 Å². The Labute approximate surface area is 103 Å². The average Bonchev–Trinajstić information content (AvgIpc) is 2.35. The molecule has 1 heterocycles. The van der Waals surface area contributed by atoms with Gasteiger partial charge in [0.2, 0.25) is 5.82 Å². The van der Waals surface area contributed by atoms with Crippen LogP contribution in [-0.4, -0.2) is 17.1 Å². The second-order valence-electron chi connectivity index (χ2n) is 4.02. The van der Waals surface area contributed by atoms with Crippen molar-refractivity contribution in [2.24, 2.45) is 0 Å². The molecule has 94 valence electrons. The molecule has 1 aromatic carbocycles. The highest BCUT2D eigenvalue weighted by Gasteiger charge is 2.12. The molecule has 0 fully saturated rings. The zero-order chi connectivity index (χ0) is 13.3. The zero-order valence-electron chi connectivity index (χ0n) is 10.4. The fraction of sp³-hybridized carbons (Fsp3) is 0.231. The molecule has 18 heavy (non-hydrogen) atoms. The van der Waals surface area contributed by atoms with Crippen LogP contribution in [0.3, 0.4) is 0 Å². The Kier molecular flexibility index (Phi) is 3.14. The van der Waals surface area contributed by atoms with E-state index in [4.69, 9.17) is 4.74 Å². The van der Waals surface area contributed by atoms with E-state index in [-0.39, 0.29) is 5.69 Å². The van der Waals surface area contributed by atoms with Gasteiger partial charge in [0.25, 0.3) is 5.56 Å². The van der Waals surface area contributed by atoms with E-state index in [0.29, 0.717) is 17.1 Å². The van der Waals surface area contributed by atoms with Crippen LogP contribution in [-0.2, 0) is 0 Å². The predicted molar refractivity (Wildman–Crippen MR) is 66.3 cm³/mol. The van der Waals surface area contributed by atoms with Crippen molar-refractivity contribution in [3.63, 3.8) is 0 Å². The Morgan fingerprint density at radius 1 is 1.33 bits per heavy atom. The molecule has 2 aromatic rings. The summed E-state index contributed by atoms with van der Waals surface area (Å²) in [6.45, 7) is 3.38.